The third kappa shape index (κ3) is 1.04. The first-order chi connectivity index (χ1) is 7.70. The molecule has 0 aromatic heterocycles. The van der Waals surface area contributed by atoms with Crippen LogP contribution in [0.4, 0.5) is 0 Å². The largest absolute Gasteiger partial charge is 0.492 e. The number of carbonyl (C=O) groups is 2. The van der Waals surface area contributed by atoms with Crippen molar-refractivity contribution in [3.8, 4) is 5.75 Å². The molecule has 0 N–H and O–H groups in total. The van der Waals surface area contributed by atoms with E-state index in [1.54, 1.807) is 0 Å². The third-order valence-electron chi connectivity index (χ3n) is 3.32. The van der Waals surface area contributed by atoms with Crippen molar-refractivity contribution in [1.82, 2.24) is 4.90 Å². The molecule has 2 amide bonds. The van der Waals surface area contributed by atoms with E-state index in [-0.39, 0.29) is 23.7 Å². The van der Waals surface area contributed by atoms with Crippen molar-refractivity contribution in [2.75, 3.05) is 13.7 Å². The minimum atomic E-state index is -0.345. The Labute approximate surface area is 92.8 Å². The fraction of sp³-hybridized carbons (Fsp3) is 0.333. The molecule has 4 heteroatoms. The molecule has 16 heavy (non-hydrogen) atoms. The Balaban J connectivity index is 2.13. The Bertz CT molecular complexity index is 483. The van der Waals surface area contributed by atoms with Crippen molar-refractivity contribution < 1.29 is 14.3 Å². The maximum Gasteiger partial charge on any atom is 0.237 e. The minimum Gasteiger partial charge on any atom is -0.492 e. The number of hydrogen-bond acceptors (Lipinski definition) is 3. The van der Waals surface area contributed by atoms with E-state index >= 15 is 0 Å². The molecule has 2 aliphatic rings. The maximum absolute atomic E-state index is 12.0. The van der Waals surface area contributed by atoms with E-state index in [2.05, 4.69) is 0 Å². The van der Waals surface area contributed by atoms with E-state index in [1.807, 2.05) is 24.3 Å². The summed E-state index contributed by atoms with van der Waals surface area (Å²) in [7, 11) is 1.53. The number of nitrogens with zero attached hydrogens (tertiary/aromatic N) is 1. The van der Waals surface area contributed by atoms with Gasteiger partial charge in [-0.25, -0.2) is 0 Å². The lowest BCUT2D eigenvalue weighted by Gasteiger charge is -2.24. The Morgan fingerprint density at radius 1 is 1.25 bits per heavy atom. The average Bonchev–Trinajstić information content (AvgIpc) is 2.55. The number of benzene rings is 1. The SMILES string of the molecule is CN1C(=O)C2COc3ccccc3C2C1=O. The van der Waals surface area contributed by atoms with Crippen LogP contribution in [0.3, 0.4) is 0 Å². The number of fused-ring (bicyclic) bond motifs is 3. The highest BCUT2D eigenvalue weighted by Crippen LogP contribution is 2.42. The summed E-state index contributed by atoms with van der Waals surface area (Å²) in [5, 5.41) is 0. The van der Waals surface area contributed by atoms with Crippen LogP contribution in [0.15, 0.2) is 24.3 Å². The number of rotatable bonds is 0. The Hall–Kier alpha value is -1.84. The van der Waals surface area contributed by atoms with Crippen molar-refractivity contribution in [2.45, 2.75) is 5.92 Å². The first-order valence-electron chi connectivity index (χ1n) is 5.23. The second-order valence-electron chi connectivity index (χ2n) is 4.17. The van der Waals surface area contributed by atoms with Crippen LogP contribution in [0.1, 0.15) is 11.5 Å². The quantitative estimate of drug-likeness (QED) is 0.603. The number of amides is 2. The van der Waals surface area contributed by atoms with Crippen molar-refractivity contribution in [1.29, 1.82) is 0 Å². The summed E-state index contributed by atoms with van der Waals surface area (Å²) >= 11 is 0. The lowest BCUT2D eigenvalue weighted by molar-refractivity contribution is -0.137. The van der Waals surface area contributed by atoms with Crippen molar-refractivity contribution in [3.63, 3.8) is 0 Å². The molecule has 2 unspecified atom stereocenters. The molecule has 1 fully saturated rings. The molecule has 0 aliphatic carbocycles. The number of para-hydroxylation sites is 1. The van der Waals surface area contributed by atoms with Crippen molar-refractivity contribution in [2.24, 2.45) is 5.92 Å². The number of ether oxygens (including phenoxy) is 1. The molecule has 2 atom stereocenters. The number of likely N-dealkylation sites (tertiary alicyclic amines) is 1. The summed E-state index contributed by atoms with van der Waals surface area (Å²) in [6.45, 7) is 0.302. The van der Waals surface area contributed by atoms with Gasteiger partial charge in [-0.2, -0.15) is 0 Å². The summed E-state index contributed by atoms with van der Waals surface area (Å²) in [5.41, 5.74) is 0.835. The smallest absolute Gasteiger partial charge is 0.237 e. The number of carbonyl (C=O) groups excluding carboxylic acids is 2. The second kappa shape index (κ2) is 3.07. The van der Waals surface area contributed by atoms with Gasteiger partial charge in [-0.3, -0.25) is 14.5 Å². The van der Waals surface area contributed by atoms with Gasteiger partial charge >= 0.3 is 0 Å². The minimum absolute atomic E-state index is 0.120. The van der Waals surface area contributed by atoms with Gasteiger partial charge in [-0.1, -0.05) is 18.2 Å². The second-order valence-corrected chi connectivity index (χ2v) is 4.17. The molecule has 0 radical (unpaired) electrons. The van der Waals surface area contributed by atoms with Gasteiger partial charge < -0.3 is 4.74 Å². The standard InChI is InChI=1S/C12H11NO3/c1-13-11(14)8-6-16-9-5-3-2-4-7(9)10(8)12(13)15/h2-5,8,10H,6H2,1H3. The highest BCUT2D eigenvalue weighted by Gasteiger charge is 2.49. The molecule has 2 aliphatic heterocycles. The molecule has 1 aromatic carbocycles. The van der Waals surface area contributed by atoms with Crippen molar-refractivity contribution >= 4 is 11.8 Å². The van der Waals surface area contributed by atoms with Crippen LogP contribution >= 0.6 is 0 Å². The van der Waals surface area contributed by atoms with Gasteiger partial charge in [0.2, 0.25) is 11.8 Å². The van der Waals surface area contributed by atoms with Gasteiger partial charge in [-0.15, -0.1) is 0 Å². The van der Waals surface area contributed by atoms with Crippen LogP contribution < -0.4 is 4.74 Å². The third-order valence-corrected chi connectivity index (χ3v) is 3.32. The van der Waals surface area contributed by atoms with E-state index in [0.29, 0.717) is 6.61 Å². The molecule has 0 spiro atoms. The first kappa shape index (κ1) is 9.39. The zero-order chi connectivity index (χ0) is 11.3. The van der Waals surface area contributed by atoms with E-state index < -0.39 is 0 Å². The summed E-state index contributed by atoms with van der Waals surface area (Å²) in [6.07, 6.45) is 0. The van der Waals surface area contributed by atoms with Gasteiger partial charge in [0.25, 0.3) is 0 Å². The zero-order valence-corrected chi connectivity index (χ0v) is 8.84. The number of likely N-dealkylation sites (N-methyl/N-ethyl adjacent to an activating group) is 1. The molecular formula is C12H11NO3. The Morgan fingerprint density at radius 3 is 2.81 bits per heavy atom. The predicted octanol–water partition coefficient (Wildman–Crippen LogP) is 0.777. The van der Waals surface area contributed by atoms with Crippen LogP contribution in [-0.4, -0.2) is 30.4 Å². The molecular weight excluding hydrogens is 206 g/mol. The highest BCUT2D eigenvalue weighted by atomic mass is 16.5. The van der Waals surface area contributed by atoms with Crippen LogP contribution in [-0.2, 0) is 9.59 Å². The van der Waals surface area contributed by atoms with Gasteiger partial charge in [0.1, 0.15) is 12.4 Å². The maximum atomic E-state index is 12.0. The average molecular weight is 217 g/mol. The lowest BCUT2D eigenvalue weighted by Crippen LogP contribution is -2.29. The molecule has 0 bridgehead atoms. The van der Waals surface area contributed by atoms with Crippen LogP contribution in [0.2, 0.25) is 0 Å². The monoisotopic (exact) mass is 217 g/mol. The van der Waals surface area contributed by atoms with E-state index in [0.717, 1.165) is 11.3 Å². The summed E-state index contributed by atoms with van der Waals surface area (Å²) in [5.74, 6) is -0.217. The number of imide groups is 1. The summed E-state index contributed by atoms with van der Waals surface area (Å²) in [6, 6.07) is 7.42. The summed E-state index contributed by atoms with van der Waals surface area (Å²) < 4.78 is 5.50. The molecule has 82 valence electrons. The predicted molar refractivity (Wildman–Crippen MR) is 55.9 cm³/mol. The van der Waals surface area contributed by atoms with Gasteiger partial charge in [-0.05, 0) is 6.07 Å². The molecule has 1 saturated heterocycles. The molecule has 4 nitrogen and oxygen atoms in total. The van der Waals surface area contributed by atoms with Crippen LogP contribution in [0.25, 0.3) is 0 Å². The molecule has 1 aromatic rings. The van der Waals surface area contributed by atoms with E-state index in [4.69, 9.17) is 4.74 Å². The summed E-state index contributed by atoms with van der Waals surface area (Å²) in [4.78, 5) is 25.0. The van der Waals surface area contributed by atoms with Crippen molar-refractivity contribution in [3.05, 3.63) is 29.8 Å². The number of hydrogen-bond donors (Lipinski definition) is 0. The van der Waals surface area contributed by atoms with Gasteiger partial charge in [0.05, 0.1) is 11.8 Å². The normalized spacial score (nSPS) is 27.4. The molecule has 3 rings (SSSR count). The topological polar surface area (TPSA) is 46.6 Å². The molecule has 0 saturated carbocycles. The molecule has 2 heterocycles. The first-order valence-corrected chi connectivity index (χ1v) is 5.23. The zero-order valence-electron chi connectivity index (χ0n) is 8.84. The fourth-order valence-electron chi connectivity index (χ4n) is 2.45. The van der Waals surface area contributed by atoms with Gasteiger partial charge in [0, 0.05) is 12.6 Å². The fourth-order valence-corrected chi connectivity index (χ4v) is 2.45. The van der Waals surface area contributed by atoms with E-state index in [1.165, 1.54) is 11.9 Å². The van der Waals surface area contributed by atoms with Gasteiger partial charge in [0.15, 0.2) is 0 Å². The Morgan fingerprint density at radius 2 is 2.00 bits per heavy atom. The lowest BCUT2D eigenvalue weighted by atomic mass is 9.86. The van der Waals surface area contributed by atoms with Crippen LogP contribution in [0.5, 0.6) is 5.75 Å². The van der Waals surface area contributed by atoms with Crippen LogP contribution in [0, 0.1) is 5.92 Å². The Kier molecular flexibility index (Phi) is 1.80. The van der Waals surface area contributed by atoms with E-state index in [9.17, 15) is 9.59 Å². The highest BCUT2D eigenvalue weighted by molar-refractivity contribution is 6.08.